The lowest BCUT2D eigenvalue weighted by molar-refractivity contribution is 0.00578. The lowest BCUT2D eigenvalue weighted by Crippen LogP contribution is -2.41. The first-order valence-electron chi connectivity index (χ1n) is 27.8. The highest BCUT2D eigenvalue weighted by atomic mass is 80.9. The molecule has 29 heteroatoms. The van der Waals surface area contributed by atoms with Crippen LogP contribution < -0.4 is 0 Å². The summed E-state index contributed by atoms with van der Waals surface area (Å²) < 4.78 is 15.4. The fourth-order valence-electron chi connectivity index (χ4n) is 6.57. The number of H-pyrrole nitrogens is 2. The zero-order valence-electron chi connectivity index (χ0n) is 50.8. The highest BCUT2D eigenvalue weighted by Gasteiger charge is 2.56. The van der Waals surface area contributed by atoms with Crippen molar-refractivity contribution in [1.82, 2.24) is 75.8 Å². The maximum absolute atomic E-state index is 8.48. The molecule has 2 aliphatic carbocycles. The minimum Gasteiger partial charge on any atom is -0.424 e. The van der Waals surface area contributed by atoms with Gasteiger partial charge in [0.05, 0.1) is 47.4 Å². The van der Waals surface area contributed by atoms with E-state index in [4.69, 9.17) is 19.4 Å². The highest BCUT2D eigenvalue weighted by Crippen LogP contribution is 2.48. The Morgan fingerprint density at radius 1 is 0.517 bits per heavy atom. The van der Waals surface area contributed by atoms with Gasteiger partial charge in [0.2, 0.25) is 0 Å². The smallest absolute Gasteiger partial charge is 0.424 e. The molecule has 8 aromatic rings. The molecule has 0 radical (unpaired) electrons. The minimum absolute atomic E-state index is 0.0648. The van der Waals surface area contributed by atoms with Crippen molar-refractivity contribution in [3.05, 3.63) is 166 Å². The summed E-state index contributed by atoms with van der Waals surface area (Å²) >= 11 is 24.9. The third-order valence-electron chi connectivity index (χ3n) is 12.0. The summed E-state index contributed by atoms with van der Waals surface area (Å²) in [5.41, 5.74) is 6.08. The van der Waals surface area contributed by atoms with Crippen molar-refractivity contribution < 1.29 is 19.4 Å². The van der Waals surface area contributed by atoms with Crippen molar-refractivity contribution in [3.63, 3.8) is 0 Å². The second-order valence-corrected chi connectivity index (χ2v) is 26.9. The number of nitrogens with zero attached hydrogens (tertiary/aromatic N) is 13. The summed E-state index contributed by atoms with van der Waals surface area (Å²) in [7, 11) is -1.30. The number of aromatic amines is 2. The van der Waals surface area contributed by atoms with Crippen molar-refractivity contribution in [3.8, 4) is 0 Å². The van der Waals surface area contributed by atoms with E-state index in [1.165, 1.54) is 42.9 Å². The average Bonchev–Trinajstić information content (AvgIpc) is 1.73. The van der Waals surface area contributed by atoms with Crippen LogP contribution in [0.4, 0.5) is 0 Å². The predicted molar refractivity (Wildman–Crippen MR) is 382 cm³/mol. The monoisotopic (exact) mass is 1700 g/mol. The van der Waals surface area contributed by atoms with Gasteiger partial charge in [-0.25, -0.2) is 0 Å². The predicted octanol–water partition coefficient (Wildman–Crippen LogP) is 17.7. The molecule has 11 rings (SSSR count). The molecule has 3 aromatic carbocycles. The number of benzene rings is 3. The first kappa shape index (κ1) is 77.6. The fraction of sp³-hybridized carbons (Fsp3) is 0.414. The number of hydrogen-bond acceptors (Lipinski definition) is 14. The first-order valence-corrected chi connectivity index (χ1v) is 36.4. The molecule has 3 fully saturated rings. The van der Waals surface area contributed by atoms with Gasteiger partial charge in [-0.2, -0.15) is 50.3 Å². The molecule has 470 valence electrons. The summed E-state index contributed by atoms with van der Waals surface area (Å²) in [5, 5.41) is 62.1. The van der Waals surface area contributed by atoms with Gasteiger partial charge in [-0.05, 0) is 196 Å². The molecule has 4 N–H and O–H groups in total. The Balaban J connectivity index is 0.000000269. The van der Waals surface area contributed by atoms with Crippen LogP contribution in [0.5, 0.6) is 0 Å². The summed E-state index contributed by atoms with van der Waals surface area (Å²) in [6, 6.07) is 30.8. The Morgan fingerprint density at radius 3 is 1.21 bits per heavy atom. The zero-order valence-corrected chi connectivity index (χ0v) is 63.5. The van der Waals surface area contributed by atoms with Gasteiger partial charge in [-0.15, -0.1) is 25.5 Å². The van der Waals surface area contributed by atoms with Crippen LogP contribution in [0.25, 0.3) is 30.4 Å². The standard InChI is InChI=1S/C16H19N3.C13H14BrN3.C9H17BO2.C8H9BO2.C5H7Br2N3.C3H7Br.C2HBr2N3.C2H3N3.Br2/c1-12(2)19-17-15(16(18-19)14-9-10-14)11-8-13-6-4-3-5-7-13;1-10(2)17-15-12(13(14)16-17)9-8-11-6-4-3-5-7-11;1-8(2)9(3,4)12-10(11-8)7-5-6-7;10-9(11)7-6-8-4-2-1-3-5-8;1-3(2)10-8-4(6)5(7)9-10;1-3(2)4;3-1-2(4)6-7-5-1;1-2-4-5-3-1;1-2/h3-8,11-12,14H,9-10H2,1-2H3;3-10H,1-2H3;7H,5-6H2,1-4H3;1-7,10-11H;3H,1-2H3;3H,1-2H3;(H,5,6,7);1-2H,(H,3,4,5);/b11-8+;9-8+;;7-6+;;;;;. The maximum atomic E-state index is 8.48. The average molecular weight is 1710 g/mol. The Labute approximate surface area is 578 Å². The van der Waals surface area contributed by atoms with E-state index < -0.39 is 7.12 Å². The third kappa shape index (κ3) is 30.8. The van der Waals surface area contributed by atoms with E-state index >= 15 is 0 Å². The molecule has 0 spiro atoms. The molecule has 87 heavy (non-hydrogen) atoms. The Bertz CT molecular complexity index is 3120. The molecule has 0 amide bonds. The van der Waals surface area contributed by atoms with Crippen molar-refractivity contribution in [2.45, 2.75) is 155 Å². The van der Waals surface area contributed by atoms with Crippen molar-refractivity contribution in [2.24, 2.45) is 0 Å². The van der Waals surface area contributed by atoms with E-state index in [2.05, 4.69) is 291 Å². The highest BCUT2D eigenvalue weighted by molar-refractivity contribution is 9.93. The topological polar surface area (TPSA) is 234 Å². The van der Waals surface area contributed by atoms with Crippen LogP contribution in [-0.2, 0) is 9.31 Å². The molecule has 6 heterocycles. The Kier molecular flexibility index (Phi) is 36.6. The third-order valence-corrected chi connectivity index (χ3v) is 15.8. The number of aromatic nitrogens is 15. The van der Waals surface area contributed by atoms with E-state index in [9.17, 15) is 0 Å². The van der Waals surface area contributed by atoms with Gasteiger partial charge in [-0.1, -0.05) is 158 Å². The Morgan fingerprint density at radius 2 is 0.885 bits per heavy atom. The fourth-order valence-corrected chi connectivity index (χ4v) is 7.76. The van der Waals surface area contributed by atoms with Gasteiger partial charge in [0.1, 0.15) is 11.4 Å². The summed E-state index contributed by atoms with van der Waals surface area (Å²) in [6.45, 7) is 25.0. The molecular formula is C58H77B2Br8N15O4. The summed E-state index contributed by atoms with van der Waals surface area (Å²) in [6.07, 6.45) is 18.1. The summed E-state index contributed by atoms with van der Waals surface area (Å²) in [4.78, 5) is 5.83. The van der Waals surface area contributed by atoms with Crippen molar-refractivity contribution >= 4 is 168 Å². The van der Waals surface area contributed by atoms with Crippen LogP contribution in [0, 0.1) is 0 Å². The normalized spacial score (nSPS) is 14.4. The molecule has 5 aromatic heterocycles. The molecular weight excluding hydrogens is 1630 g/mol. The van der Waals surface area contributed by atoms with Gasteiger partial charge in [0.15, 0.2) is 23.0 Å². The lowest BCUT2D eigenvalue weighted by Gasteiger charge is -2.32. The number of halogens is 8. The van der Waals surface area contributed by atoms with Crippen LogP contribution in [0.2, 0.25) is 5.82 Å². The van der Waals surface area contributed by atoms with E-state index in [-0.39, 0.29) is 24.4 Å². The minimum atomic E-state index is -1.37. The number of rotatable bonds is 11. The van der Waals surface area contributed by atoms with Gasteiger partial charge >= 0.3 is 14.2 Å². The molecule has 0 unspecified atom stereocenters. The van der Waals surface area contributed by atoms with E-state index in [0.29, 0.717) is 37.9 Å². The van der Waals surface area contributed by atoms with Crippen LogP contribution in [0.3, 0.4) is 0 Å². The molecule has 19 nitrogen and oxygen atoms in total. The quantitative estimate of drug-likeness (QED) is 0.0697. The molecule has 1 aliphatic heterocycles. The second-order valence-electron chi connectivity index (χ2n) is 21.4. The number of alkyl halides is 1. The molecule has 2 saturated carbocycles. The number of hydrogen-bond donors (Lipinski definition) is 4. The number of nitrogens with one attached hydrogen (secondary N) is 2. The van der Waals surface area contributed by atoms with Gasteiger partial charge in [0.25, 0.3) is 0 Å². The molecule has 0 atom stereocenters. The summed E-state index contributed by atoms with van der Waals surface area (Å²) in [5.74, 6) is 2.61. The largest absolute Gasteiger partial charge is 0.480 e. The SMILES string of the molecule is BrBr.Brc1n[nH]nc1Br.CC(C)Br.CC(C)n1nc(/C=C/c2ccccc2)c(C2CC2)n1.CC(C)n1nc(Br)c(/C=C/c2ccccc2)n1.CC(C)n1nc(Br)c(Br)n1.CC1(C)OB(C2CC2)OC1(C)C.OB(O)/C=C/c1ccccc1.c1cn[nH]n1. The van der Waals surface area contributed by atoms with Crippen LogP contribution >= 0.6 is 124 Å². The van der Waals surface area contributed by atoms with Crippen LogP contribution in [-0.4, -0.2) is 116 Å². The lowest BCUT2D eigenvalue weighted by atomic mass is 9.82. The molecule has 3 aliphatic rings. The van der Waals surface area contributed by atoms with E-state index in [1.807, 2.05) is 97.5 Å². The molecule has 0 bridgehead atoms. The zero-order chi connectivity index (χ0) is 64.7. The molecule has 1 saturated heterocycles. The van der Waals surface area contributed by atoms with Crippen molar-refractivity contribution in [2.75, 3.05) is 0 Å². The van der Waals surface area contributed by atoms with Crippen LogP contribution in [0.1, 0.15) is 167 Å². The van der Waals surface area contributed by atoms with E-state index in [1.54, 1.807) is 28.1 Å². The maximum Gasteiger partial charge on any atom is 0.480 e. The van der Waals surface area contributed by atoms with E-state index in [0.717, 1.165) is 36.3 Å². The first-order chi connectivity index (χ1) is 41.3. The van der Waals surface area contributed by atoms with Gasteiger partial charge < -0.3 is 19.4 Å². The van der Waals surface area contributed by atoms with Crippen LogP contribution in [0.15, 0.2) is 132 Å². The Hall–Kier alpha value is -3.61. The second kappa shape index (κ2) is 41.0. The van der Waals surface area contributed by atoms with Gasteiger partial charge in [0, 0.05) is 39.0 Å². The van der Waals surface area contributed by atoms with Gasteiger partial charge in [-0.3, -0.25) is 0 Å². The van der Waals surface area contributed by atoms with Crippen molar-refractivity contribution in [1.29, 1.82) is 0 Å².